The van der Waals surface area contributed by atoms with E-state index in [9.17, 15) is 9.59 Å². The van der Waals surface area contributed by atoms with E-state index in [1.54, 1.807) is 42.5 Å². The Hall–Kier alpha value is -2.24. The second-order valence-electron chi connectivity index (χ2n) is 5.85. The molecule has 1 aliphatic carbocycles. The Kier molecular flexibility index (Phi) is 5.46. The van der Waals surface area contributed by atoms with Crippen molar-refractivity contribution in [1.29, 1.82) is 0 Å². The Morgan fingerprint density at radius 2 is 1.72 bits per heavy atom. The highest BCUT2D eigenvalue weighted by Crippen LogP contribution is 2.23. The smallest absolute Gasteiger partial charge is 0.253 e. The number of halogens is 2. The van der Waals surface area contributed by atoms with Gasteiger partial charge in [0.2, 0.25) is 5.91 Å². The van der Waals surface area contributed by atoms with Gasteiger partial charge in [-0.15, -0.1) is 0 Å². The van der Waals surface area contributed by atoms with Crippen molar-refractivity contribution < 1.29 is 9.59 Å². The summed E-state index contributed by atoms with van der Waals surface area (Å²) in [6, 6.07) is 12.2. The van der Waals surface area contributed by atoms with Crippen LogP contribution in [-0.4, -0.2) is 24.4 Å². The molecule has 0 heterocycles. The quantitative estimate of drug-likeness (QED) is 0.713. The second-order valence-corrected chi connectivity index (χ2v) is 6.73. The van der Waals surface area contributed by atoms with Gasteiger partial charge in [0, 0.05) is 21.8 Å². The van der Waals surface area contributed by atoms with Gasteiger partial charge in [-0.05, 0) is 43.2 Å². The van der Waals surface area contributed by atoms with Gasteiger partial charge in [-0.25, -0.2) is 0 Å². The van der Waals surface area contributed by atoms with E-state index in [2.05, 4.69) is 16.0 Å². The molecule has 3 N–H and O–H groups in total. The molecular weight excluding hydrogens is 361 g/mol. The van der Waals surface area contributed by atoms with Crippen LogP contribution in [0, 0.1) is 0 Å². The Morgan fingerprint density at radius 1 is 1.04 bits per heavy atom. The zero-order chi connectivity index (χ0) is 17.8. The number of amides is 2. The van der Waals surface area contributed by atoms with Gasteiger partial charge in [-0.2, -0.15) is 0 Å². The molecule has 0 aromatic heterocycles. The van der Waals surface area contributed by atoms with Crippen LogP contribution in [0.25, 0.3) is 0 Å². The van der Waals surface area contributed by atoms with Crippen LogP contribution in [0.15, 0.2) is 42.5 Å². The first-order valence-corrected chi connectivity index (χ1v) is 8.66. The zero-order valence-electron chi connectivity index (χ0n) is 13.3. The van der Waals surface area contributed by atoms with Gasteiger partial charge in [0.25, 0.3) is 5.91 Å². The number of hydrogen-bond donors (Lipinski definition) is 3. The van der Waals surface area contributed by atoms with Crippen molar-refractivity contribution in [1.82, 2.24) is 5.32 Å². The fourth-order valence-electron chi connectivity index (χ4n) is 2.31. The molecule has 0 radical (unpaired) electrons. The number of nitrogens with one attached hydrogen (secondary N) is 3. The summed E-state index contributed by atoms with van der Waals surface area (Å²) in [6.45, 7) is 0.0231. The molecule has 2 aromatic rings. The summed E-state index contributed by atoms with van der Waals surface area (Å²) >= 11 is 11.9. The molecule has 1 aliphatic rings. The predicted octanol–water partition coefficient (Wildman–Crippen LogP) is 3.94. The molecule has 1 saturated carbocycles. The summed E-state index contributed by atoms with van der Waals surface area (Å²) in [5.74, 6) is -0.448. The van der Waals surface area contributed by atoms with Gasteiger partial charge in [-0.3, -0.25) is 9.59 Å². The fraction of sp³-hybridized carbons (Fsp3) is 0.222. The van der Waals surface area contributed by atoms with Crippen LogP contribution in [-0.2, 0) is 4.79 Å². The SMILES string of the molecule is O=C(CNc1cc(Cl)cc(Cl)c1)Nc1ccccc1C(=O)NC1CC1. The van der Waals surface area contributed by atoms with E-state index >= 15 is 0 Å². The van der Waals surface area contributed by atoms with Gasteiger partial charge in [-0.1, -0.05) is 35.3 Å². The Labute approximate surface area is 155 Å². The summed E-state index contributed by atoms with van der Waals surface area (Å²) in [5.41, 5.74) is 1.58. The maximum atomic E-state index is 12.2. The summed E-state index contributed by atoms with van der Waals surface area (Å²) in [6.07, 6.45) is 2.01. The summed E-state index contributed by atoms with van der Waals surface area (Å²) < 4.78 is 0. The van der Waals surface area contributed by atoms with Crippen LogP contribution in [0.5, 0.6) is 0 Å². The summed E-state index contributed by atoms with van der Waals surface area (Å²) in [5, 5.41) is 9.60. The molecule has 0 saturated heterocycles. The molecule has 3 rings (SSSR count). The molecule has 0 bridgehead atoms. The molecule has 2 amide bonds. The van der Waals surface area contributed by atoms with Crippen molar-refractivity contribution in [2.75, 3.05) is 17.2 Å². The minimum Gasteiger partial charge on any atom is -0.376 e. The molecule has 130 valence electrons. The molecular formula is C18H17Cl2N3O2. The van der Waals surface area contributed by atoms with Crippen molar-refractivity contribution in [2.45, 2.75) is 18.9 Å². The van der Waals surface area contributed by atoms with E-state index in [0.29, 0.717) is 27.0 Å². The molecule has 1 fully saturated rings. The average molecular weight is 378 g/mol. The number of carbonyl (C=O) groups excluding carboxylic acids is 2. The van der Waals surface area contributed by atoms with E-state index in [1.165, 1.54) is 0 Å². The van der Waals surface area contributed by atoms with Gasteiger partial charge in [0.05, 0.1) is 17.8 Å². The lowest BCUT2D eigenvalue weighted by Gasteiger charge is -2.12. The highest BCUT2D eigenvalue weighted by Gasteiger charge is 2.24. The number of benzene rings is 2. The molecule has 25 heavy (non-hydrogen) atoms. The zero-order valence-corrected chi connectivity index (χ0v) is 14.8. The lowest BCUT2D eigenvalue weighted by molar-refractivity contribution is -0.114. The van der Waals surface area contributed by atoms with Gasteiger partial charge in [0.1, 0.15) is 0 Å². The van der Waals surface area contributed by atoms with Crippen molar-refractivity contribution >= 4 is 46.4 Å². The summed E-state index contributed by atoms with van der Waals surface area (Å²) in [7, 11) is 0. The number of para-hydroxylation sites is 1. The van der Waals surface area contributed by atoms with Crippen molar-refractivity contribution in [3.05, 3.63) is 58.1 Å². The Balaban J connectivity index is 1.61. The highest BCUT2D eigenvalue weighted by molar-refractivity contribution is 6.35. The lowest BCUT2D eigenvalue weighted by Crippen LogP contribution is -2.28. The van der Waals surface area contributed by atoms with E-state index in [0.717, 1.165) is 12.8 Å². The summed E-state index contributed by atoms with van der Waals surface area (Å²) in [4.78, 5) is 24.4. The third kappa shape index (κ3) is 5.11. The standard InChI is InChI=1S/C18H17Cl2N3O2/c19-11-7-12(20)9-14(8-11)21-10-17(24)23-16-4-2-1-3-15(16)18(25)22-13-5-6-13/h1-4,7-9,13,21H,5-6,10H2,(H,22,25)(H,23,24). The molecule has 0 aliphatic heterocycles. The maximum absolute atomic E-state index is 12.2. The molecule has 0 atom stereocenters. The predicted molar refractivity (Wildman–Crippen MR) is 101 cm³/mol. The molecule has 0 unspecified atom stereocenters. The van der Waals surface area contributed by atoms with E-state index in [-0.39, 0.29) is 24.4 Å². The number of hydrogen-bond acceptors (Lipinski definition) is 3. The molecule has 7 heteroatoms. The van der Waals surface area contributed by atoms with Gasteiger partial charge in [0.15, 0.2) is 0 Å². The number of carbonyl (C=O) groups is 2. The molecule has 2 aromatic carbocycles. The third-order valence-electron chi connectivity index (χ3n) is 3.67. The van der Waals surface area contributed by atoms with Crippen LogP contribution < -0.4 is 16.0 Å². The third-order valence-corrected chi connectivity index (χ3v) is 4.11. The Bertz CT molecular complexity index is 786. The first kappa shape index (κ1) is 17.6. The highest BCUT2D eigenvalue weighted by atomic mass is 35.5. The maximum Gasteiger partial charge on any atom is 0.253 e. The van der Waals surface area contributed by atoms with Gasteiger partial charge >= 0.3 is 0 Å². The van der Waals surface area contributed by atoms with Crippen LogP contribution in [0.3, 0.4) is 0 Å². The number of rotatable bonds is 6. The number of anilines is 2. The second kappa shape index (κ2) is 7.76. The largest absolute Gasteiger partial charge is 0.376 e. The topological polar surface area (TPSA) is 70.2 Å². The normalized spacial score (nSPS) is 13.2. The van der Waals surface area contributed by atoms with Crippen LogP contribution in [0.1, 0.15) is 23.2 Å². The van der Waals surface area contributed by atoms with Crippen molar-refractivity contribution in [3.8, 4) is 0 Å². The van der Waals surface area contributed by atoms with Gasteiger partial charge < -0.3 is 16.0 Å². The van der Waals surface area contributed by atoms with Crippen LogP contribution in [0.2, 0.25) is 10.0 Å². The minimum absolute atomic E-state index is 0.0231. The minimum atomic E-state index is -0.275. The van der Waals surface area contributed by atoms with Crippen molar-refractivity contribution in [3.63, 3.8) is 0 Å². The first-order chi connectivity index (χ1) is 12.0. The average Bonchev–Trinajstić information content (AvgIpc) is 3.36. The van der Waals surface area contributed by atoms with E-state index in [4.69, 9.17) is 23.2 Å². The molecule has 5 nitrogen and oxygen atoms in total. The lowest BCUT2D eigenvalue weighted by atomic mass is 10.1. The van der Waals surface area contributed by atoms with E-state index in [1.807, 2.05) is 0 Å². The van der Waals surface area contributed by atoms with E-state index < -0.39 is 0 Å². The van der Waals surface area contributed by atoms with Crippen molar-refractivity contribution in [2.24, 2.45) is 0 Å². The first-order valence-electron chi connectivity index (χ1n) is 7.91. The fourth-order valence-corrected chi connectivity index (χ4v) is 2.84. The monoisotopic (exact) mass is 377 g/mol. The Morgan fingerprint density at radius 3 is 2.40 bits per heavy atom. The van der Waals surface area contributed by atoms with Crippen LogP contribution in [0.4, 0.5) is 11.4 Å². The molecule has 0 spiro atoms. The van der Waals surface area contributed by atoms with Crippen LogP contribution >= 0.6 is 23.2 Å².